The first-order valence-electron chi connectivity index (χ1n) is 5.19. The fraction of sp³-hybridized carbons (Fsp3) is 0.455. The Bertz CT molecular complexity index is 467. The molecule has 0 fully saturated rings. The standard InChI is InChI=1S/C11H16ClNO2S/c1-4-13(5-2)16(14,15)10-7-6-9(3)11(12)8-10/h6-8H,4-5H2,1-3H3. The predicted octanol–water partition coefficient (Wildman–Crippen LogP) is 2.68. The van der Waals surface area contributed by atoms with Crippen LogP contribution in [0.15, 0.2) is 23.1 Å². The van der Waals surface area contributed by atoms with Crippen molar-refractivity contribution in [2.24, 2.45) is 0 Å². The minimum absolute atomic E-state index is 0.256. The second kappa shape index (κ2) is 5.17. The Labute approximate surface area is 102 Å². The first-order valence-corrected chi connectivity index (χ1v) is 7.01. The maximum atomic E-state index is 12.1. The summed E-state index contributed by atoms with van der Waals surface area (Å²) in [5.41, 5.74) is 0.875. The Kier molecular flexibility index (Phi) is 4.35. The van der Waals surface area contributed by atoms with Gasteiger partial charge in [0.1, 0.15) is 0 Å². The molecule has 0 aliphatic rings. The molecule has 3 nitrogen and oxygen atoms in total. The number of aryl methyl sites for hydroxylation is 1. The number of sulfonamides is 1. The molecule has 0 radical (unpaired) electrons. The molecule has 1 rings (SSSR count). The smallest absolute Gasteiger partial charge is 0.207 e. The van der Waals surface area contributed by atoms with Crippen molar-refractivity contribution in [2.75, 3.05) is 13.1 Å². The van der Waals surface area contributed by atoms with Crippen molar-refractivity contribution in [1.29, 1.82) is 0 Å². The maximum absolute atomic E-state index is 12.1. The molecule has 1 aromatic rings. The van der Waals surface area contributed by atoms with Crippen molar-refractivity contribution in [1.82, 2.24) is 4.31 Å². The quantitative estimate of drug-likeness (QED) is 0.836. The van der Waals surface area contributed by atoms with E-state index in [4.69, 9.17) is 11.6 Å². The summed E-state index contributed by atoms with van der Waals surface area (Å²) in [7, 11) is -3.39. The third-order valence-electron chi connectivity index (χ3n) is 2.49. The van der Waals surface area contributed by atoms with Crippen LogP contribution in [-0.2, 0) is 10.0 Å². The van der Waals surface area contributed by atoms with Crippen LogP contribution in [0.5, 0.6) is 0 Å². The van der Waals surface area contributed by atoms with E-state index in [0.29, 0.717) is 18.1 Å². The average Bonchev–Trinajstić information content (AvgIpc) is 2.23. The Morgan fingerprint density at radius 2 is 1.81 bits per heavy atom. The lowest BCUT2D eigenvalue weighted by atomic mass is 10.2. The van der Waals surface area contributed by atoms with E-state index in [1.54, 1.807) is 12.1 Å². The van der Waals surface area contributed by atoms with Crippen molar-refractivity contribution in [2.45, 2.75) is 25.7 Å². The topological polar surface area (TPSA) is 37.4 Å². The van der Waals surface area contributed by atoms with Crippen LogP contribution in [0.2, 0.25) is 5.02 Å². The highest BCUT2D eigenvalue weighted by Crippen LogP contribution is 2.22. The van der Waals surface area contributed by atoms with Gasteiger partial charge in [0.15, 0.2) is 0 Å². The van der Waals surface area contributed by atoms with Crippen molar-refractivity contribution >= 4 is 21.6 Å². The fourth-order valence-corrected chi connectivity index (χ4v) is 3.18. The van der Waals surface area contributed by atoms with Gasteiger partial charge in [0.05, 0.1) is 4.90 Å². The van der Waals surface area contributed by atoms with E-state index in [-0.39, 0.29) is 4.90 Å². The molecule has 0 bridgehead atoms. The van der Waals surface area contributed by atoms with Crippen LogP contribution < -0.4 is 0 Å². The van der Waals surface area contributed by atoms with Gasteiger partial charge in [-0.15, -0.1) is 0 Å². The Morgan fingerprint density at radius 1 is 1.25 bits per heavy atom. The van der Waals surface area contributed by atoms with Gasteiger partial charge in [-0.05, 0) is 24.6 Å². The minimum Gasteiger partial charge on any atom is -0.207 e. The molecular weight excluding hydrogens is 246 g/mol. The molecule has 1 aromatic carbocycles. The summed E-state index contributed by atoms with van der Waals surface area (Å²) in [6.45, 7) is 6.40. The molecule has 90 valence electrons. The van der Waals surface area contributed by atoms with Gasteiger partial charge in [0.25, 0.3) is 0 Å². The highest BCUT2D eigenvalue weighted by atomic mass is 35.5. The lowest BCUT2D eigenvalue weighted by molar-refractivity contribution is 0.445. The van der Waals surface area contributed by atoms with Crippen LogP contribution in [-0.4, -0.2) is 25.8 Å². The van der Waals surface area contributed by atoms with Crippen LogP contribution in [0.25, 0.3) is 0 Å². The Balaban J connectivity index is 3.22. The molecule has 0 atom stereocenters. The zero-order chi connectivity index (χ0) is 12.3. The van der Waals surface area contributed by atoms with Crippen LogP contribution in [0.4, 0.5) is 0 Å². The fourth-order valence-electron chi connectivity index (χ4n) is 1.45. The van der Waals surface area contributed by atoms with Crippen molar-refractivity contribution < 1.29 is 8.42 Å². The SMILES string of the molecule is CCN(CC)S(=O)(=O)c1ccc(C)c(Cl)c1. The lowest BCUT2D eigenvalue weighted by Gasteiger charge is -2.18. The Morgan fingerprint density at radius 3 is 2.25 bits per heavy atom. The van der Waals surface area contributed by atoms with Crippen molar-refractivity contribution in [3.63, 3.8) is 0 Å². The van der Waals surface area contributed by atoms with E-state index < -0.39 is 10.0 Å². The zero-order valence-electron chi connectivity index (χ0n) is 9.70. The molecule has 0 N–H and O–H groups in total. The van der Waals surface area contributed by atoms with Gasteiger partial charge < -0.3 is 0 Å². The lowest BCUT2D eigenvalue weighted by Crippen LogP contribution is -2.30. The molecule has 0 aliphatic carbocycles. The van der Waals surface area contributed by atoms with Crippen LogP contribution >= 0.6 is 11.6 Å². The predicted molar refractivity (Wildman–Crippen MR) is 66.3 cm³/mol. The van der Waals surface area contributed by atoms with Gasteiger partial charge >= 0.3 is 0 Å². The van der Waals surface area contributed by atoms with E-state index >= 15 is 0 Å². The molecule has 0 amide bonds. The van der Waals surface area contributed by atoms with Gasteiger partial charge in [0, 0.05) is 18.1 Å². The first kappa shape index (κ1) is 13.5. The molecule has 0 aromatic heterocycles. The van der Waals surface area contributed by atoms with Gasteiger partial charge in [0.2, 0.25) is 10.0 Å². The zero-order valence-corrected chi connectivity index (χ0v) is 11.3. The first-order chi connectivity index (χ1) is 7.43. The molecule has 0 heterocycles. The van der Waals surface area contributed by atoms with E-state index in [0.717, 1.165) is 5.56 Å². The summed E-state index contributed by atoms with van der Waals surface area (Å²) in [5, 5.41) is 0.480. The van der Waals surface area contributed by atoms with E-state index in [1.807, 2.05) is 20.8 Å². The average molecular weight is 262 g/mol. The molecular formula is C11H16ClNO2S. The molecule has 5 heteroatoms. The number of benzene rings is 1. The molecule has 0 aliphatic heterocycles. The molecule has 0 saturated heterocycles. The van der Waals surface area contributed by atoms with Crippen molar-refractivity contribution in [3.05, 3.63) is 28.8 Å². The monoisotopic (exact) mass is 261 g/mol. The van der Waals surface area contributed by atoms with Crippen LogP contribution in [0.1, 0.15) is 19.4 Å². The summed E-state index contributed by atoms with van der Waals surface area (Å²) in [6, 6.07) is 4.82. The van der Waals surface area contributed by atoms with E-state index in [1.165, 1.54) is 10.4 Å². The Hall–Kier alpha value is -0.580. The molecule has 0 unspecified atom stereocenters. The molecule has 16 heavy (non-hydrogen) atoms. The number of nitrogens with zero attached hydrogens (tertiary/aromatic N) is 1. The van der Waals surface area contributed by atoms with Crippen LogP contribution in [0, 0.1) is 6.92 Å². The number of hydrogen-bond donors (Lipinski definition) is 0. The summed E-state index contributed by atoms with van der Waals surface area (Å²) in [4.78, 5) is 0.256. The molecule has 0 saturated carbocycles. The maximum Gasteiger partial charge on any atom is 0.243 e. The van der Waals surface area contributed by atoms with E-state index in [2.05, 4.69) is 0 Å². The minimum atomic E-state index is -3.39. The number of rotatable bonds is 4. The largest absolute Gasteiger partial charge is 0.243 e. The summed E-state index contributed by atoms with van der Waals surface area (Å²) < 4.78 is 25.7. The summed E-state index contributed by atoms with van der Waals surface area (Å²) in [5.74, 6) is 0. The van der Waals surface area contributed by atoms with Crippen LogP contribution in [0.3, 0.4) is 0 Å². The van der Waals surface area contributed by atoms with E-state index in [9.17, 15) is 8.42 Å². The summed E-state index contributed by atoms with van der Waals surface area (Å²) >= 11 is 5.93. The van der Waals surface area contributed by atoms with Gasteiger partial charge in [-0.2, -0.15) is 4.31 Å². The van der Waals surface area contributed by atoms with Gasteiger partial charge in [-0.3, -0.25) is 0 Å². The third kappa shape index (κ3) is 2.56. The van der Waals surface area contributed by atoms with Gasteiger partial charge in [-0.25, -0.2) is 8.42 Å². The van der Waals surface area contributed by atoms with Crippen molar-refractivity contribution in [3.8, 4) is 0 Å². The second-order valence-corrected chi connectivity index (χ2v) is 5.85. The number of hydrogen-bond acceptors (Lipinski definition) is 2. The van der Waals surface area contributed by atoms with Gasteiger partial charge in [-0.1, -0.05) is 31.5 Å². The highest BCUT2D eigenvalue weighted by molar-refractivity contribution is 7.89. The number of halogens is 1. The third-order valence-corrected chi connectivity index (χ3v) is 4.94. The molecule has 0 spiro atoms. The normalized spacial score (nSPS) is 12.1. The summed E-state index contributed by atoms with van der Waals surface area (Å²) in [6.07, 6.45) is 0. The second-order valence-electron chi connectivity index (χ2n) is 3.50. The highest BCUT2D eigenvalue weighted by Gasteiger charge is 2.21.